The number of nitrogens with one attached hydrogen (secondary N) is 1. The maximum Gasteiger partial charge on any atom is 0.277 e. The number of rotatable bonds is 6. The number of anilines is 1. The molecule has 1 unspecified atom stereocenters. The molecule has 1 amide bonds. The number of nitrogens with zero attached hydrogens (tertiary/aromatic N) is 4. The molecule has 1 N–H and O–H groups in total. The number of carbonyl (C=O) groups excluding carboxylic acids is 1. The fourth-order valence-electron chi connectivity index (χ4n) is 3.88. The van der Waals surface area contributed by atoms with Crippen LogP contribution in [-0.4, -0.2) is 47.1 Å². The number of para-hydroxylation sites is 2. The van der Waals surface area contributed by atoms with Gasteiger partial charge in [0.05, 0.1) is 24.7 Å². The molecule has 30 heavy (non-hydrogen) atoms. The summed E-state index contributed by atoms with van der Waals surface area (Å²) in [5.74, 6) is 0.738. The van der Waals surface area contributed by atoms with E-state index in [0.717, 1.165) is 37.4 Å². The van der Waals surface area contributed by atoms with Crippen molar-refractivity contribution in [1.29, 1.82) is 0 Å². The molecule has 8 nitrogen and oxygen atoms in total. The molecule has 0 bridgehead atoms. The Morgan fingerprint density at radius 1 is 1.20 bits per heavy atom. The zero-order chi connectivity index (χ0) is 20.9. The van der Waals surface area contributed by atoms with Gasteiger partial charge in [-0.1, -0.05) is 29.5 Å². The highest BCUT2D eigenvalue weighted by molar-refractivity contribution is 5.77. The maximum absolute atomic E-state index is 12.5. The number of aromatic nitrogens is 3. The minimum absolute atomic E-state index is 0.0515. The lowest BCUT2D eigenvalue weighted by atomic mass is 10.0. The van der Waals surface area contributed by atoms with E-state index in [1.54, 1.807) is 25.3 Å². The first-order valence-electron chi connectivity index (χ1n) is 10.2. The first-order valence-corrected chi connectivity index (χ1v) is 10.2. The number of hydrogen-bond acceptors (Lipinski definition) is 6. The van der Waals surface area contributed by atoms with Gasteiger partial charge in [-0.05, 0) is 37.1 Å². The van der Waals surface area contributed by atoms with Crippen LogP contribution in [0.5, 0.6) is 5.75 Å². The smallest absolute Gasteiger partial charge is 0.277 e. The minimum atomic E-state index is -0.228. The van der Waals surface area contributed by atoms with Gasteiger partial charge >= 0.3 is 0 Å². The summed E-state index contributed by atoms with van der Waals surface area (Å²) >= 11 is 0. The molecule has 0 radical (unpaired) electrons. The van der Waals surface area contributed by atoms with E-state index < -0.39 is 0 Å². The molecule has 1 atom stereocenters. The summed E-state index contributed by atoms with van der Waals surface area (Å²) in [6.07, 6.45) is 2.09. The molecule has 2 aromatic carbocycles. The van der Waals surface area contributed by atoms with Crippen molar-refractivity contribution in [3.63, 3.8) is 0 Å². The SMILES string of the molecule is COc1ccccc1N1CCCC(NC(=O)CCn2nnc3ccccc3c2=O)C1. The summed E-state index contributed by atoms with van der Waals surface area (Å²) in [5, 5.41) is 11.6. The lowest BCUT2D eigenvalue weighted by molar-refractivity contribution is -0.122. The third-order valence-electron chi connectivity index (χ3n) is 5.39. The summed E-state index contributed by atoms with van der Waals surface area (Å²) < 4.78 is 6.72. The lowest BCUT2D eigenvalue weighted by Gasteiger charge is -2.35. The highest BCUT2D eigenvalue weighted by Crippen LogP contribution is 2.29. The number of amides is 1. The first-order chi connectivity index (χ1) is 14.7. The van der Waals surface area contributed by atoms with Crippen LogP contribution in [0.4, 0.5) is 5.69 Å². The highest BCUT2D eigenvalue weighted by atomic mass is 16.5. The Hall–Kier alpha value is -3.42. The number of ether oxygens (including phenoxy) is 1. The largest absolute Gasteiger partial charge is 0.495 e. The topological polar surface area (TPSA) is 89.3 Å². The number of fused-ring (bicyclic) bond motifs is 1. The Labute approximate surface area is 174 Å². The Morgan fingerprint density at radius 3 is 2.87 bits per heavy atom. The number of methoxy groups -OCH3 is 1. The third kappa shape index (κ3) is 4.27. The molecular formula is C22H25N5O3. The van der Waals surface area contributed by atoms with Gasteiger partial charge in [0.25, 0.3) is 5.56 Å². The molecule has 1 aliphatic heterocycles. The second-order valence-electron chi connectivity index (χ2n) is 7.41. The summed E-state index contributed by atoms with van der Waals surface area (Å²) in [6, 6.07) is 15.0. The third-order valence-corrected chi connectivity index (χ3v) is 5.39. The summed E-state index contributed by atoms with van der Waals surface area (Å²) in [6.45, 7) is 1.85. The van der Waals surface area contributed by atoms with Crippen molar-refractivity contribution >= 4 is 22.5 Å². The fraction of sp³-hybridized carbons (Fsp3) is 0.364. The first kappa shape index (κ1) is 19.9. The van der Waals surface area contributed by atoms with Crippen LogP contribution < -0.4 is 20.5 Å². The molecule has 1 fully saturated rings. The molecule has 1 aliphatic rings. The fourth-order valence-corrected chi connectivity index (χ4v) is 3.88. The van der Waals surface area contributed by atoms with Crippen molar-refractivity contribution in [1.82, 2.24) is 20.3 Å². The van der Waals surface area contributed by atoms with Crippen LogP contribution in [-0.2, 0) is 11.3 Å². The summed E-state index contributed by atoms with van der Waals surface area (Å²) in [7, 11) is 1.67. The second kappa shape index (κ2) is 8.94. The van der Waals surface area contributed by atoms with Crippen molar-refractivity contribution in [2.24, 2.45) is 0 Å². The van der Waals surface area contributed by atoms with Crippen LogP contribution in [0, 0.1) is 0 Å². The van der Waals surface area contributed by atoms with Gasteiger partial charge < -0.3 is 15.0 Å². The van der Waals surface area contributed by atoms with E-state index >= 15 is 0 Å². The Kier molecular flexibility index (Phi) is 5.92. The van der Waals surface area contributed by atoms with Gasteiger partial charge in [-0.25, -0.2) is 4.68 Å². The van der Waals surface area contributed by atoms with Gasteiger partial charge in [-0.3, -0.25) is 9.59 Å². The lowest BCUT2D eigenvalue weighted by Crippen LogP contribution is -2.48. The molecule has 0 aliphatic carbocycles. The number of hydrogen-bond donors (Lipinski definition) is 1. The Balaban J connectivity index is 1.36. The van der Waals surface area contributed by atoms with Crippen molar-refractivity contribution < 1.29 is 9.53 Å². The summed E-state index contributed by atoms with van der Waals surface area (Å²) in [4.78, 5) is 27.3. The predicted octanol–water partition coefficient (Wildman–Crippen LogP) is 1.98. The minimum Gasteiger partial charge on any atom is -0.495 e. The molecule has 8 heteroatoms. The maximum atomic E-state index is 12.5. The van der Waals surface area contributed by atoms with Crippen molar-refractivity contribution in [3.05, 3.63) is 58.9 Å². The molecule has 1 saturated heterocycles. The number of aryl methyl sites for hydroxylation is 1. The zero-order valence-electron chi connectivity index (χ0n) is 17.0. The summed E-state index contributed by atoms with van der Waals surface area (Å²) in [5.41, 5.74) is 1.37. The van der Waals surface area contributed by atoms with Crippen molar-refractivity contribution in [2.45, 2.75) is 31.8 Å². The molecule has 0 saturated carbocycles. The number of carbonyl (C=O) groups is 1. The van der Waals surface area contributed by atoms with Gasteiger partial charge in [0.1, 0.15) is 11.3 Å². The molecule has 0 spiro atoms. The van der Waals surface area contributed by atoms with Gasteiger partial charge in [-0.15, -0.1) is 5.10 Å². The van der Waals surface area contributed by atoms with E-state index in [-0.39, 0.29) is 30.5 Å². The van der Waals surface area contributed by atoms with Crippen LogP contribution in [0.25, 0.3) is 10.9 Å². The van der Waals surface area contributed by atoms with Gasteiger partial charge in [-0.2, -0.15) is 0 Å². The monoisotopic (exact) mass is 407 g/mol. The molecule has 2 heterocycles. The van der Waals surface area contributed by atoms with E-state index in [2.05, 4.69) is 20.5 Å². The van der Waals surface area contributed by atoms with Crippen LogP contribution in [0.15, 0.2) is 53.3 Å². The van der Waals surface area contributed by atoms with E-state index in [4.69, 9.17) is 4.74 Å². The quantitative estimate of drug-likeness (QED) is 0.672. The van der Waals surface area contributed by atoms with Crippen LogP contribution >= 0.6 is 0 Å². The van der Waals surface area contributed by atoms with E-state index in [1.165, 1.54) is 4.68 Å². The Bertz CT molecular complexity index is 1100. The highest BCUT2D eigenvalue weighted by Gasteiger charge is 2.23. The van der Waals surface area contributed by atoms with Gasteiger partial charge in [0.2, 0.25) is 5.91 Å². The molecule has 1 aromatic heterocycles. The van der Waals surface area contributed by atoms with E-state index in [1.807, 2.05) is 30.3 Å². The predicted molar refractivity (Wildman–Crippen MR) is 115 cm³/mol. The molecular weight excluding hydrogens is 382 g/mol. The zero-order valence-corrected chi connectivity index (χ0v) is 17.0. The van der Waals surface area contributed by atoms with Gasteiger partial charge in [0, 0.05) is 25.6 Å². The number of piperidine rings is 1. The van der Waals surface area contributed by atoms with E-state index in [0.29, 0.717) is 10.9 Å². The van der Waals surface area contributed by atoms with Crippen molar-refractivity contribution in [2.75, 3.05) is 25.1 Å². The van der Waals surface area contributed by atoms with Gasteiger partial charge in [0.15, 0.2) is 0 Å². The van der Waals surface area contributed by atoms with Crippen LogP contribution in [0.3, 0.4) is 0 Å². The molecule has 156 valence electrons. The number of benzene rings is 2. The molecule has 4 rings (SSSR count). The van der Waals surface area contributed by atoms with E-state index in [9.17, 15) is 9.59 Å². The van der Waals surface area contributed by atoms with Crippen molar-refractivity contribution in [3.8, 4) is 5.75 Å². The standard InChI is InChI=1S/C22H25N5O3/c1-30-20-11-5-4-10-19(20)26-13-6-7-16(15-26)23-21(28)12-14-27-22(29)17-8-2-3-9-18(17)24-25-27/h2-5,8-11,16H,6-7,12-15H2,1H3,(H,23,28). The van der Waals surface area contributed by atoms with Crippen LogP contribution in [0.2, 0.25) is 0 Å². The molecule has 3 aromatic rings. The average molecular weight is 407 g/mol. The normalized spacial score (nSPS) is 16.4. The second-order valence-corrected chi connectivity index (χ2v) is 7.41. The average Bonchev–Trinajstić information content (AvgIpc) is 2.79. The van der Waals surface area contributed by atoms with Crippen LogP contribution in [0.1, 0.15) is 19.3 Å². The Morgan fingerprint density at radius 2 is 2.00 bits per heavy atom.